The van der Waals surface area contributed by atoms with E-state index in [1.807, 2.05) is 6.92 Å². The second kappa shape index (κ2) is 4.49. The molecule has 5 nitrogen and oxygen atoms in total. The van der Waals surface area contributed by atoms with E-state index in [0.717, 1.165) is 5.69 Å². The van der Waals surface area contributed by atoms with Crippen molar-refractivity contribution in [3.05, 3.63) is 12.0 Å². The van der Waals surface area contributed by atoms with E-state index in [-0.39, 0.29) is 5.91 Å². The van der Waals surface area contributed by atoms with Gasteiger partial charge in [-0.3, -0.25) is 4.79 Å². The number of aromatic nitrogens is 1. The Hall–Kier alpha value is -1.52. The number of aryl methyl sites for hydroxylation is 1. The minimum Gasteiger partial charge on any atom is -0.432 e. The largest absolute Gasteiger partial charge is 0.432 e. The molecular formula is C8H13N3O2. The number of nitrogens with one attached hydrogen (secondary N) is 2. The lowest BCUT2D eigenvalue weighted by molar-refractivity contribution is -0.120. The van der Waals surface area contributed by atoms with Crippen molar-refractivity contribution < 1.29 is 9.21 Å². The van der Waals surface area contributed by atoms with Crippen LogP contribution in [0.4, 0.5) is 6.01 Å². The summed E-state index contributed by atoms with van der Waals surface area (Å²) >= 11 is 0. The molecule has 0 aromatic carbocycles. The molecule has 0 fully saturated rings. The Bertz CT molecular complexity index is 283. The summed E-state index contributed by atoms with van der Waals surface area (Å²) in [5, 5.41) is 5.42. The van der Waals surface area contributed by atoms with Gasteiger partial charge in [-0.25, -0.2) is 0 Å². The Morgan fingerprint density at radius 1 is 1.69 bits per heavy atom. The van der Waals surface area contributed by atoms with Crippen molar-refractivity contribution >= 4 is 11.9 Å². The number of nitrogens with zero attached hydrogens (tertiary/aromatic N) is 1. The summed E-state index contributed by atoms with van der Waals surface area (Å²) in [6, 6.07) is 0.460. The Morgan fingerprint density at radius 2 is 2.46 bits per heavy atom. The zero-order chi connectivity index (χ0) is 9.68. The maximum atomic E-state index is 10.8. The highest BCUT2D eigenvalue weighted by molar-refractivity contribution is 5.75. The molecule has 5 heteroatoms. The summed E-state index contributed by atoms with van der Waals surface area (Å²) in [5.41, 5.74) is 0.822. The third-order valence-corrected chi connectivity index (χ3v) is 1.53. The van der Waals surface area contributed by atoms with Gasteiger partial charge in [0, 0.05) is 20.0 Å². The summed E-state index contributed by atoms with van der Waals surface area (Å²) in [6.07, 6.45) is 1.97. The molecule has 0 aliphatic rings. The highest BCUT2D eigenvalue weighted by Crippen LogP contribution is 2.05. The van der Waals surface area contributed by atoms with E-state index < -0.39 is 0 Å². The molecule has 1 heterocycles. The molecule has 0 unspecified atom stereocenters. The fourth-order valence-corrected chi connectivity index (χ4v) is 0.843. The van der Waals surface area contributed by atoms with Crippen LogP contribution in [0.3, 0.4) is 0 Å². The first-order chi connectivity index (χ1) is 6.22. The van der Waals surface area contributed by atoms with Crippen LogP contribution in [0.2, 0.25) is 0 Å². The molecule has 1 rings (SSSR count). The van der Waals surface area contributed by atoms with Crippen LogP contribution in [0.1, 0.15) is 12.1 Å². The summed E-state index contributed by atoms with van der Waals surface area (Å²) < 4.78 is 5.03. The van der Waals surface area contributed by atoms with Crippen LogP contribution in [0, 0.1) is 6.92 Å². The van der Waals surface area contributed by atoms with E-state index in [9.17, 15) is 4.79 Å². The minimum absolute atomic E-state index is 0.00391. The average molecular weight is 183 g/mol. The van der Waals surface area contributed by atoms with E-state index in [2.05, 4.69) is 15.6 Å². The number of amides is 1. The lowest BCUT2D eigenvalue weighted by Gasteiger charge is -1.99. The Morgan fingerprint density at radius 3 is 3.00 bits per heavy atom. The third kappa shape index (κ3) is 3.14. The molecule has 0 aliphatic heterocycles. The van der Waals surface area contributed by atoms with Gasteiger partial charge in [-0.05, 0) is 6.92 Å². The van der Waals surface area contributed by atoms with E-state index >= 15 is 0 Å². The first kappa shape index (κ1) is 9.57. The monoisotopic (exact) mass is 183 g/mol. The minimum atomic E-state index is -0.00391. The van der Waals surface area contributed by atoms with E-state index in [1.54, 1.807) is 13.3 Å². The Kier molecular flexibility index (Phi) is 3.31. The van der Waals surface area contributed by atoms with Crippen molar-refractivity contribution in [2.45, 2.75) is 13.3 Å². The molecule has 0 saturated carbocycles. The molecule has 0 saturated heterocycles. The standard InChI is InChI=1S/C8H13N3O2/c1-6-5-13-8(11-6)10-4-3-7(12)9-2/h5H,3-4H2,1-2H3,(H,9,12)(H,10,11). The van der Waals surface area contributed by atoms with Crippen molar-refractivity contribution in [2.75, 3.05) is 18.9 Å². The van der Waals surface area contributed by atoms with Gasteiger partial charge in [-0.1, -0.05) is 0 Å². The third-order valence-electron chi connectivity index (χ3n) is 1.53. The van der Waals surface area contributed by atoms with Gasteiger partial charge in [-0.15, -0.1) is 0 Å². The predicted octanol–water partition coefficient (Wildman–Crippen LogP) is 0.531. The van der Waals surface area contributed by atoms with Crippen LogP contribution in [0.25, 0.3) is 0 Å². The molecule has 1 amide bonds. The van der Waals surface area contributed by atoms with E-state index in [0.29, 0.717) is 19.0 Å². The summed E-state index contributed by atoms with van der Waals surface area (Å²) in [7, 11) is 1.61. The fourth-order valence-electron chi connectivity index (χ4n) is 0.843. The maximum absolute atomic E-state index is 10.8. The molecular weight excluding hydrogens is 170 g/mol. The van der Waals surface area contributed by atoms with Gasteiger partial charge in [0.15, 0.2) is 0 Å². The molecule has 2 N–H and O–H groups in total. The summed E-state index contributed by atoms with van der Waals surface area (Å²) in [4.78, 5) is 14.8. The lowest BCUT2D eigenvalue weighted by Crippen LogP contribution is -2.20. The molecule has 0 radical (unpaired) electrons. The molecule has 0 aliphatic carbocycles. The van der Waals surface area contributed by atoms with Crippen LogP contribution in [-0.2, 0) is 4.79 Å². The summed E-state index contributed by atoms with van der Waals surface area (Å²) in [6.45, 7) is 2.37. The molecule has 72 valence electrons. The normalized spacial score (nSPS) is 9.69. The van der Waals surface area contributed by atoms with E-state index in [4.69, 9.17) is 4.42 Å². The van der Waals surface area contributed by atoms with Crippen molar-refractivity contribution in [1.82, 2.24) is 10.3 Å². The Labute approximate surface area is 76.5 Å². The van der Waals surface area contributed by atoms with Crippen molar-refractivity contribution in [3.8, 4) is 0 Å². The fraction of sp³-hybridized carbons (Fsp3) is 0.500. The number of carbonyl (C=O) groups excluding carboxylic acids is 1. The molecule has 0 bridgehead atoms. The summed E-state index contributed by atoms with van der Waals surface area (Å²) in [5.74, 6) is -0.00391. The first-order valence-corrected chi connectivity index (χ1v) is 4.09. The zero-order valence-corrected chi connectivity index (χ0v) is 7.76. The van der Waals surface area contributed by atoms with Crippen molar-refractivity contribution in [1.29, 1.82) is 0 Å². The van der Waals surface area contributed by atoms with Gasteiger partial charge >= 0.3 is 0 Å². The van der Waals surface area contributed by atoms with E-state index in [1.165, 1.54) is 0 Å². The van der Waals surface area contributed by atoms with Crippen LogP contribution in [0.5, 0.6) is 0 Å². The molecule has 1 aromatic rings. The van der Waals surface area contributed by atoms with Crippen LogP contribution < -0.4 is 10.6 Å². The van der Waals surface area contributed by atoms with Crippen LogP contribution in [0.15, 0.2) is 10.7 Å². The van der Waals surface area contributed by atoms with Gasteiger partial charge < -0.3 is 15.1 Å². The molecule has 1 aromatic heterocycles. The van der Waals surface area contributed by atoms with Gasteiger partial charge in [0.1, 0.15) is 6.26 Å². The van der Waals surface area contributed by atoms with Gasteiger partial charge in [0.05, 0.1) is 5.69 Å². The Balaban J connectivity index is 2.24. The second-order valence-corrected chi connectivity index (χ2v) is 2.64. The predicted molar refractivity (Wildman–Crippen MR) is 48.4 cm³/mol. The number of anilines is 1. The smallest absolute Gasteiger partial charge is 0.294 e. The number of oxazole rings is 1. The SMILES string of the molecule is CNC(=O)CCNc1nc(C)co1. The van der Waals surface area contributed by atoms with Crippen LogP contribution in [-0.4, -0.2) is 24.5 Å². The van der Waals surface area contributed by atoms with Gasteiger partial charge in [0.25, 0.3) is 6.01 Å². The first-order valence-electron chi connectivity index (χ1n) is 4.09. The maximum Gasteiger partial charge on any atom is 0.294 e. The zero-order valence-electron chi connectivity index (χ0n) is 7.76. The highest BCUT2D eigenvalue weighted by Gasteiger charge is 2.00. The number of carbonyl (C=O) groups is 1. The lowest BCUT2D eigenvalue weighted by atomic mass is 10.4. The number of rotatable bonds is 4. The van der Waals surface area contributed by atoms with Crippen molar-refractivity contribution in [2.24, 2.45) is 0 Å². The average Bonchev–Trinajstić information content (AvgIpc) is 2.51. The molecule has 0 atom stereocenters. The molecule has 13 heavy (non-hydrogen) atoms. The molecule has 0 spiro atoms. The second-order valence-electron chi connectivity index (χ2n) is 2.64. The van der Waals surface area contributed by atoms with Gasteiger partial charge in [-0.2, -0.15) is 4.98 Å². The van der Waals surface area contributed by atoms with Crippen molar-refractivity contribution in [3.63, 3.8) is 0 Å². The van der Waals surface area contributed by atoms with Gasteiger partial charge in [0.2, 0.25) is 5.91 Å². The highest BCUT2D eigenvalue weighted by atomic mass is 16.4. The topological polar surface area (TPSA) is 67.2 Å². The number of hydrogen-bond donors (Lipinski definition) is 2. The van der Waals surface area contributed by atoms with Crippen LogP contribution >= 0.6 is 0 Å². The number of hydrogen-bond acceptors (Lipinski definition) is 4. The quantitative estimate of drug-likeness (QED) is 0.714.